The van der Waals surface area contributed by atoms with Crippen LogP contribution in [0.5, 0.6) is 0 Å². The van der Waals surface area contributed by atoms with E-state index in [2.05, 4.69) is 44.2 Å². The number of guanidine groups is 1. The summed E-state index contributed by atoms with van der Waals surface area (Å²) in [5.41, 5.74) is 0.323. The first-order valence-electron chi connectivity index (χ1n) is 9.90. The van der Waals surface area contributed by atoms with Gasteiger partial charge in [0, 0.05) is 67.8 Å². The molecular weight excluding hydrogens is 489 g/mol. The van der Waals surface area contributed by atoms with Gasteiger partial charge in [-0.1, -0.05) is 19.3 Å². The fourth-order valence-corrected chi connectivity index (χ4v) is 5.82. The molecule has 0 amide bonds. The molecule has 27 heavy (non-hydrogen) atoms. The molecule has 0 radical (unpaired) electrons. The van der Waals surface area contributed by atoms with Gasteiger partial charge in [-0.3, -0.25) is 9.89 Å². The molecule has 0 aromatic carbocycles. The van der Waals surface area contributed by atoms with Crippen molar-refractivity contribution in [3.63, 3.8) is 0 Å². The summed E-state index contributed by atoms with van der Waals surface area (Å²) < 4.78 is 0. The van der Waals surface area contributed by atoms with Gasteiger partial charge in [-0.25, -0.2) is 4.98 Å². The number of rotatable bonds is 6. The molecule has 0 unspecified atom stereocenters. The van der Waals surface area contributed by atoms with Crippen LogP contribution in [0.25, 0.3) is 0 Å². The van der Waals surface area contributed by atoms with Gasteiger partial charge in [0.25, 0.3) is 0 Å². The predicted molar refractivity (Wildman–Crippen MR) is 130 cm³/mol. The van der Waals surface area contributed by atoms with Gasteiger partial charge in [0.05, 0.1) is 5.01 Å². The molecule has 154 valence electrons. The van der Waals surface area contributed by atoms with Gasteiger partial charge in [0.2, 0.25) is 0 Å². The summed E-state index contributed by atoms with van der Waals surface area (Å²) in [5, 5.41) is 8.31. The maximum absolute atomic E-state index is 4.44. The Hall–Kier alpha value is -0.0600. The third kappa shape index (κ3) is 6.75. The minimum Gasteiger partial charge on any atom is -0.356 e. The van der Waals surface area contributed by atoms with Crippen LogP contribution in [0.15, 0.2) is 11.2 Å². The summed E-state index contributed by atoms with van der Waals surface area (Å²) in [4.78, 5) is 12.9. The van der Waals surface area contributed by atoms with Crippen LogP contribution in [-0.2, 0) is 6.42 Å². The van der Waals surface area contributed by atoms with E-state index in [1.807, 2.05) is 13.2 Å². The average molecular weight is 524 g/mol. The monoisotopic (exact) mass is 523 g/mol. The highest BCUT2D eigenvalue weighted by molar-refractivity contribution is 14.0. The van der Waals surface area contributed by atoms with Crippen LogP contribution in [0.1, 0.15) is 42.0 Å². The van der Waals surface area contributed by atoms with E-state index in [0.717, 1.165) is 25.5 Å². The van der Waals surface area contributed by atoms with E-state index in [1.54, 1.807) is 11.3 Å². The molecule has 1 saturated heterocycles. The molecule has 0 atom stereocenters. The van der Waals surface area contributed by atoms with Crippen molar-refractivity contribution < 1.29 is 0 Å². The molecule has 1 aromatic rings. The quantitative estimate of drug-likeness (QED) is 0.340. The van der Waals surface area contributed by atoms with Crippen LogP contribution in [-0.4, -0.2) is 66.1 Å². The van der Waals surface area contributed by atoms with Gasteiger partial charge < -0.3 is 10.6 Å². The van der Waals surface area contributed by atoms with Crippen molar-refractivity contribution in [3.8, 4) is 0 Å². The fraction of sp³-hybridized carbons (Fsp3) is 0.789. The van der Waals surface area contributed by atoms with E-state index in [1.165, 1.54) is 66.6 Å². The number of halogens is 1. The lowest BCUT2D eigenvalue weighted by atomic mass is 9.80. The number of thioether (sulfide) groups is 1. The molecule has 2 N–H and O–H groups in total. The van der Waals surface area contributed by atoms with E-state index >= 15 is 0 Å². The van der Waals surface area contributed by atoms with Crippen molar-refractivity contribution in [1.29, 1.82) is 0 Å². The zero-order chi connectivity index (χ0) is 18.2. The molecule has 2 heterocycles. The van der Waals surface area contributed by atoms with Crippen LogP contribution in [0.3, 0.4) is 0 Å². The van der Waals surface area contributed by atoms with Crippen LogP contribution in [0.4, 0.5) is 0 Å². The Balaban J connectivity index is 0.00000261. The van der Waals surface area contributed by atoms with Crippen LogP contribution < -0.4 is 10.6 Å². The minimum absolute atomic E-state index is 0. The number of aromatic nitrogens is 1. The molecule has 1 aliphatic heterocycles. The Bertz CT molecular complexity index is 580. The molecule has 1 aromatic heterocycles. The average Bonchev–Trinajstić information content (AvgIpc) is 3.11. The molecule has 2 fully saturated rings. The number of hydrogen-bond acceptors (Lipinski definition) is 5. The summed E-state index contributed by atoms with van der Waals surface area (Å²) in [6.07, 6.45) is 9.66. The maximum Gasteiger partial charge on any atom is 0.191 e. The van der Waals surface area contributed by atoms with Crippen molar-refractivity contribution in [1.82, 2.24) is 20.5 Å². The molecule has 2 aliphatic rings. The Morgan fingerprint density at radius 2 is 1.96 bits per heavy atom. The highest BCUT2D eigenvalue weighted by Crippen LogP contribution is 2.34. The molecule has 0 spiro atoms. The zero-order valence-corrected chi connectivity index (χ0v) is 20.6. The van der Waals surface area contributed by atoms with E-state index in [9.17, 15) is 0 Å². The molecule has 8 heteroatoms. The van der Waals surface area contributed by atoms with Gasteiger partial charge in [-0.05, 0) is 19.8 Å². The zero-order valence-electron chi connectivity index (χ0n) is 16.6. The lowest BCUT2D eigenvalue weighted by molar-refractivity contribution is 0.0626. The number of nitrogens with zero attached hydrogens (tertiary/aromatic N) is 3. The highest BCUT2D eigenvalue weighted by atomic mass is 127. The SMILES string of the molecule is CN=C(NCCc1ncc(C)s1)NCC1(N2CCSCC2)CCCCC1.I. The van der Waals surface area contributed by atoms with Crippen LogP contribution >= 0.6 is 47.1 Å². The van der Waals surface area contributed by atoms with E-state index in [-0.39, 0.29) is 24.0 Å². The smallest absolute Gasteiger partial charge is 0.191 e. The third-order valence-electron chi connectivity index (χ3n) is 5.58. The maximum atomic E-state index is 4.44. The molecule has 1 aliphatic carbocycles. The van der Waals surface area contributed by atoms with Crippen molar-refractivity contribution in [2.24, 2.45) is 4.99 Å². The lowest BCUT2D eigenvalue weighted by Gasteiger charge is -2.48. The van der Waals surface area contributed by atoms with Gasteiger partial charge in [0.1, 0.15) is 0 Å². The number of thiazole rings is 1. The van der Waals surface area contributed by atoms with E-state index < -0.39 is 0 Å². The lowest BCUT2D eigenvalue weighted by Crippen LogP contribution is -2.59. The molecular formula is C19H34IN5S2. The van der Waals surface area contributed by atoms with Crippen molar-refractivity contribution in [2.75, 3.05) is 44.7 Å². The first-order valence-corrected chi connectivity index (χ1v) is 11.9. The number of nitrogens with one attached hydrogen (secondary N) is 2. The second-order valence-corrected chi connectivity index (χ2v) is 9.90. The van der Waals surface area contributed by atoms with Crippen molar-refractivity contribution in [2.45, 2.75) is 51.0 Å². The fourth-order valence-electron chi connectivity index (χ4n) is 4.13. The van der Waals surface area contributed by atoms with Gasteiger partial charge in [0.15, 0.2) is 5.96 Å². The summed E-state index contributed by atoms with van der Waals surface area (Å²) in [7, 11) is 1.87. The number of hydrogen-bond donors (Lipinski definition) is 2. The van der Waals surface area contributed by atoms with E-state index in [0.29, 0.717) is 5.54 Å². The van der Waals surface area contributed by atoms with Gasteiger partial charge in [-0.15, -0.1) is 35.3 Å². The topological polar surface area (TPSA) is 52.6 Å². The molecule has 5 nitrogen and oxygen atoms in total. The Morgan fingerprint density at radius 3 is 2.59 bits per heavy atom. The summed E-state index contributed by atoms with van der Waals surface area (Å²) in [6.45, 7) is 6.47. The Kier molecular flexibility index (Phi) is 10.2. The molecule has 3 rings (SSSR count). The van der Waals surface area contributed by atoms with Gasteiger partial charge >= 0.3 is 0 Å². The Morgan fingerprint density at radius 1 is 1.22 bits per heavy atom. The van der Waals surface area contributed by atoms with Crippen LogP contribution in [0.2, 0.25) is 0 Å². The largest absolute Gasteiger partial charge is 0.356 e. The predicted octanol–water partition coefficient (Wildman–Crippen LogP) is 3.53. The molecule has 1 saturated carbocycles. The van der Waals surface area contributed by atoms with Gasteiger partial charge in [-0.2, -0.15) is 11.8 Å². The van der Waals surface area contributed by atoms with Crippen molar-refractivity contribution in [3.05, 3.63) is 16.1 Å². The first-order chi connectivity index (χ1) is 12.7. The summed E-state index contributed by atoms with van der Waals surface area (Å²) >= 11 is 3.88. The number of aryl methyl sites for hydroxylation is 1. The van der Waals surface area contributed by atoms with Crippen LogP contribution in [0, 0.1) is 6.92 Å². The molecule has 0 bridgehead atoms. The first kappa shape index (κ1) is 23.2. The van der Waals surface area contributed by atoms with E-state index in [4.69, 9.17) is 0 Å². The second kappa shape index (κ2) is 11.8. The highest BCUT2D eigenvalue weighted by Gasteiger charge is 2.38. The van der Waals surface area contributed by atoms with Crippen molar-refractivity contribution >= 4 is 53.0 Å². The Labute approximate surface area is 189 Å². The summed E-state index contributed by atoms with van der Waals surface area (Å²) in [6, 6.07) is 0. The summed E-state index contributed by atoms with van der Waals surface area (Å²) in [5.74, 6) is 3.48. The minimum atomic E-state index is 0. The standard InChI is InChI=1S/C19H33N5S2.HI/c1-16-14-22-17(26-16)6-9-21-18(20-2)23-15-19(7-4-3-5-8-19)24-10-12-25-13-11-24;/h14H,3-13,15H2,1-2H3,(H2,20,21,23);1H. The third-order valence-corrected chi connectivity index (χ3v) is 7.49. The second-order valence-electron chi connectivity index (χ2n) is 7.35. The normalized spacial score (nSPS) is 20.7. The number of aliphatic imine (C=N–C) groups is 1.